The Hall–Kier alpha value is -2.73. The molecule has 2 aromatic heterocycles. The molecular formula is C15H12ClN5O. The molecule has 0 spiro atoms. The van der Waals surface area contributed by atoms with Crippen LogP contribution in [0.3, 0.4) is 0 Å². The molecule has 3 rings (SSSR count). The van der Waals surface area contributed by atoms with Gasteiger partial charge in [-0.2, -0.15) is 0 Å². The van der Waals surface area contributed by atoms with Crippen molar-refractivity contribution in [2.45, 2.75) is 6.92 Å². The van der Waals surface area contributed by atoms with Gasteiger partial charge in [-0.05, 0) is 36.8 Å². The molecule has 0 fully saturated rings. The highest BCUT2D eigenvalue weighted by atomic mass is 35.5. The molecule has 0 saturated heterocycles. The molecule has 0 atom stereocenters. The summed E-state index contributed by atoms with van der Waals surface area (Å²) in [6.45, 7) is 1.84. The van der Waals surface area contributed by atoms with Crippen molar-refractivity contribution < 1.29 is 4.79 Å². The average molecular weight is 314 g/mol. The fourth-order valence-electron chi connectivity index (χ4n) is 1.91. The molecule has 3 aromatic rings. The number of hydrogen-bond donors (Lipinski definition) is 1. The number of anilines is 1. The molecule has 6 nitrogen and oxygen atoms in total. The van der Waals surface area contributed by atoms with Crippen LogP contribution >= 0.6 is 11.6 Å². The van der Waals surface area contributed by atoms with Crippen molar-refractivity contribution in [1.82, 2.24) is 19.7 Å². The third-order valence-corrected chi connectivity index (χ3v) is 3.58. The number of amides is 1. The second-order valence-electron chi connectivity index (χ2n) is 4.61. The summed E-state index contributed by atoms with van der Waals surface area (Å²) in [5.74, 6) is 0.253. The Morgan fingerprint density at radius 2 is 2.09 bits per heavy atom. The SMILES string of the molecule is Cc1c(Cl)cccc1NC(=O)c1ccc(-n2ccnc2)nn1. The number of benzene rings is 1. The van der Waals surface area contributed by atoms with Gasteiger partial charge in [-0.15, -0.1) is 10.2 Å². The summed E-state index contributed by atoms with van der Waals surface area (Å²) in [7, 11) is 0. The van der Waals surface area contributed by atoms with Gasteiger partial charge in [-0.1, -0.05) is 17.7 Å². The first kappa shape index (κ1) is 14.2. The van der Waals surface area contributed by atoms with E-state index in [0.29, 0.717) is 16.5 Å². The van der Waals surface area contributed by atoms with E-state index in [4.69, 9.17) is 11.6 Å². The summed E-state index contributed by atoms with van der Waals surface area (Å²) in [6, 6.07) is 8.64. The summed E-state index contributed by atoms with van der Waals surface area (Å²) in [5, 5.41) is 11.3. The first-order valence-electron chi connectivity index (χ1n) is 6.53. The minimum Gasteiger partial charge on any atom is -0.320 e. The third kappa shape index (κ3) is 2.82. The van der Waals surface area contributed by atoms with E-state index in [1.807, 2.05) is 6.92 Å². The maximum absolute atomic E-state index is 12.2. The van der Waals surface area contributed by atoms with Crippen LogP contribution in [0.1, 0.15) is 16.1 Å². The third-order valence-electron chi connectivity index (χ3n) is 3.17. The van der Waals surface area contributed by atoms with Crippen molar-refractivity contribution in [3.05, 3.63) is 65.3 Å². The van der Waals surface area contributed by atoms with Gasteiger partial charge in [-0.3, -0.25) is 9.36 Å². The highest BCUT2D eigenvalue weighted by molar-refractivity contribution is 6.31. The van der Waals surface area contributed by atoms with Crippen LogP contribution in [0.5, 0.6) is 0 Å². The van der Waals surface area contributed by atoms with Gasteiger partial charge in [0.05, 0.1) is 0 Å². The Labute approximate surface area is 131 Å². The fourth-order valence-corrected chi connectivity index (χ4v) is 2.08. The van der Waals surface area contributed by atoms with Gasteiger partial charge in [0, 0.05) is 23.1 Å². The second-order valence-corrected chi connectivity index (χ2v) is 5.02. The number of aromatic nitrogens is 4. The van der Waals surface area contributed by atoms with Crippen molar-refractivity contribution in [2.75, 3.05) is 5.32 Å². The monoisotopic (exact) mass is 313 g/mol. The molecule has 22 heavy (non-hydrogen) atoms. The minimum absolute atomic E-state index is 0.225. The normalized spacial score (nSPS) is 10.5. The lowest BCUT2D eigenvalue weighted by Gasteiger charge is -2.09. The van der Waals surface area contributed by atoms with E-state index in [2.05, 4.69) is 20.5 Å². The van der Waals surface area contributed by atoms with Crippen LogP contribution in [-0.4, -0.2) is 25.7 Å². The summed E-state index contributed by atoms with van der Waals surface area (Å²) in [6.07, 6.45) is 5.00. The van der Waals surface area contributed by atoms with E-state index < -0.39 is 0 Å². The molecule has 0 unspecified atom stereocenters. The minimum atomic E-state index is -0.338. The van der Waals surface area contributed by atoms with Gasteiger partial charge in [-0.25, -0.2) is 4.98 Å². The molecule has 0 bridgehead atoms. The summed E-state index contributed by atoms with van der Waals surface area (Å²) >= 11 is 6.03. The Balaban J connectivity index is 1.79. The van der Waals surface area contributed by atoms with Crippen LogP contribution in [0, 0.1) is 6.92 Å². The number of carbonyl (C=O) groups excluding carboxylic acids is 1. The van der Waals surface area contributed by atoms with Gasteiger partial charge < -0.3 is 5.32 Å². The summed E-state index contributed by atoms with van der Waals surface area (Å²) in [5.41, 5.74) is 1.68. The lowest BCUT2D eigenvalue weighted by Crippen LogP contribution is -2.15. The lowest BCUT2D eigenvalue weighted by molar-refractivity contribution is 0.102. The van der Waals surface area contributed by atoms with Gasteiger partial charge in [0.15, 0.2) is 11.5 Å². The van der Waals surface area contributed by atoms with Crippen molar-refractivity contribution in [3.8, 4) is 5.82 Å². The number of nitrogens with zero attached hydrogens (tertiary/aromatic N) is 4. The number of carbonyl (C=O) groups is 1. The van der Waals surface area contributed by atoms with Crippen molar-refractivity contribution >= 4 is 23.2 Å². The van der Waals surface area contributed by atoms with E-state index >= 15 is 0 Å². The van der Waals surface area contributed by atoms with Crippen molar-refractivity contribution in [2.24, 2.45) is 0 Å². The van der Waals surface area contributed by atoms with Crippen LogP contribution in [0.25, 0.3) is 5.82 Å². The zero-order chi connectivity index (χ0) is 15.5. The molecule has 0 saturated carbocycles. The number of nitrogens with one attached hydrogen (secondary N) is 1. The molecule has 1 N–H and O–H groups in total. The highest BCUT2D eigenvalue weighted by Gasteiger charge is 2.11. The molecule has 0 radical (unpaired) electrons. The van der Waals surface area contributed by atoms with Gasteiger partial charge in [0.1, 0.15) is 6.33 Å². The van der Waals surface area contributed by atoms with Crippen LogP contribution in [0.15, 0.2) is 49.1 Å². The molecule has 0 aliphatic rings. The van der Waals surface area contributed by atoms with E-state index in [9.17, 15) is 4.79 Å². The topological polar surface area (TPSA) is 72.7 Å². The average Bonchev–Trinajstić information content (AvgIpc) is 3.06. The Kier molecular flexibility index (Phi) is 3.84. The van der Waals surface area contributed by atoms with Gasteiger partial charge >= 0.3 is 0 Å². The maximum Gasteiger partial charge on any atom is 0.276 e. The molecule has 0 aliphatic heterocycles. The quantitative estimate of drug-likeness (QED) is 0.807. The number of imidazole rings is 1. The van der Waals surface area contributed by atoms with E-state index in [1.165, 1.54) is 0 Å². The molecular weight excluding hydrogens is 302 g/mol. The van der Waals surface area contributed by atoms with Crippen LogP contribution in [-0.2, 0) is 0 Å². The molecule has 2 heterocycles. The Morgan fingerprint density at radius 3 is 2.77 bits per heavy atom. The highest BCUT2D eigenvalue weighted by Crippen LogP contribution is 2.23. The first-order valence-corrected chi connectivity index (χ1v) is 6.91. The van der Waals surface area contributed by atoms with E-state index in [0.717, 1.165) is 5.56 Å². The van der Waals surface area contributed by atoms with Crippen molar-refractivity contribution in [1.29, 1.82) is 0 Å². The molecule has 1 amide bonds. The molecule has 7 heteroatoms. The predicted octanol–water partition coefficient (Wildman–Crippen LogP) is 2.88. The van der Waals surface area contributed by atoms with Crippen LogP contribution < -0.4 is 5.32 Å². The predicted molar refractivity (Wildman–Crippen MR) is 83.3 cm³/mol. The van der Waals surface area contributed by atoms with Gasteiger partial charge in [0.25, 0.3) is 5.91 Å². The number of halogens is 1. The van der Waals surface area contributed by atoms with E-state index in [1.54, 1.807) is 53.6 Å². The molecule has 110 valence electrons. The summed E-state index contributed by atoms with van der Waals surface area (Å²) in [4.78, 5) is 16.1. The standard InChI is InChI=1S/C15H12ClN5O/c1-10-11(16)3-2-4-12(10)18-15(22)13-5-6-14(20-19-13)21-8-7-17-9-21/h2-9H,1H3,(H,18,22). The second kappa shape index (κ2) is 5.95. The zero-order valence-electron chi connectivity index (χ0n) is 11.7. The van der Waals surface area contributed by atoms with Crippen LogP contribution in [0.4, 0.5) is 5.69 Å². The Bertz CT molecular complexity index is 799. The lowest BCUT2D eigenvalue weighted by atomic mass is 10.2. The summed E-state index contributed by atoms with van der Waals surface area (Å²) < 4.78 is 1.70. The van der Waals surface area contributed by atoms with Crippen molar-refractivity contribution in [3.63, 3.8) is 0 Å². The first-order chi connectivity index (χ1) is 10.6. The Morgan fingerprint density at radius 1 is 1.23 bits per heavy atom. The van der Waals surface area contributed by atoms with Crippen LogP contribution in [0.2, 0.25) is 5.02 Å². The smallest absolute Gasteiger partial charge is 0.276 e. The fraction of sp³-hybridized carbons (Fsp3) is 0.0667. The molecule has 1 aromatic carbocycles. The van der Waals surface area contributed by atoms with Gasteiger partial charge in [0.2, 0.25) is 0 Å². The maximum atomic E-state index is 12.2. The number of rotatable bonds is 3. The van der Waals surface area contributed by atoms with E-state index in [-0.39, 0.29) is 11.6 Å². The zero-order valence-corrected chi connectivity index (χ0v) is 12.4. The largest absolute Gasteiger partial charge is 0.320 e. The molecule has 0 aliphatic carbocycles. The number of hydrogen-bond acceptors (Lipinski definition) is 4.